The van der Waals surface area contributed by atoms with Crippen molar-refractivity contribution in [3.8, 4) is 0 Å². The van der Waals surface area contributed by atoms with E-state index in [-0.39, 0.29) is 23.7 Å². The SMILES string of the molecule is CSCCC(NC(=O)c1cccc([N+](=O)[O-])c1)C(=O)N(C)Cc1cc(C)on1. The number of carbonyl (C=O) groups is 2. The van der Waals surface area contributed by atoms with Crippen molar-refractivity contribution in [1.82, 2.24) is 15.4 Å². The number of carbonyl (C=O) groups excluding carboxylic acids is 2. The number of nitrogens with zero attached hydrogens (tertiary/aromatic N) is 3. The highest BCUT2D eigenvalue weighted by Crippen LogP contribution is 2.14. The van der Waals surface area contributed by atoms with Crippen molar-refractivity contribution in [2.24, 2.45) is 0 Å². The average Bonchev–Trinajstić information content (AvgIpc) is 3.08. The molecule has 0 saturated carbocycles. The van der Waals surface area contributed by atoms with Crippen LogP contribution in [-0.4, -0.2) is 51.9 Å². The van der Waals surface area contributed by atoms with E-state index in [4.69, 9.17) is 4.52 Å². The number of thioether (sulfide) groups is 1. The molecule has 0 aliphatic heterocycles. The van der Waals surface area contributed by atoms with Gasteiger partial charge in [0.1, 0.15) is 17.5 Å². The van der Waals surface area contributed by atoms with Crippen LogP contribution >= 0.6 is 11.8 Å². The second kappa shape index (κ2) is 9.88. The Morgan fingerprint density at radius 2 is 2.14 bits per heavy atom. The van der Waals surface area contributed by atoms with Gasteiger partial charge in [-0.25, -0.2) is 0 Å². The lowest BCUT2D eigenvalue weighted by molar-refractivity contribution is -0.384. The molecule has 10 heteroatoms. The fourth-order valence-electron chi connectivity index (χ4n) is 2.57. The summed E-state index contributed by atoms with van der Waals surface area (Å²) in [5.41, 5.74) is 0.561. The van der Waals surface area contributed by atoms with Crippen molar-refractivity contribution in [1.29, 1.82) is 0 Å². The number of nitro benzene ring substituents is 1. The zero-order valence-corrected chi connectivity index (χ0v) is 16.7. The van der Waals surface area contributed by atoms with E-state index in [1.54, 1.807) is 31.8 Å². The molecule has 150 valence electrons. The number of non-ortho nitro benzene ring substituents is 1. The monoisotopic (exact) mass is 406 g/mol. The van der Waals surface area contributed by atoms with Crippen molar-refractivity contribution >= 4 is 29.3 Å². The second-order valence-corrected chi connectivity index (χ2v) is 7.22. The molecular formula is C18H22N4O5S. The van der Waals surface area contributed by atoms with E-state index in [2.05, 4.69) is 10.5 Å². The number of aromatic nitrogens is 1. The lowest BCUT2D eigenvalue weighted by atomic mass is 10.1. The van der Waals surface area contributed by atoms with E-state index in [1.165, 1.54) is 29.2 Å². The highest BCUT2D eigenvalue weighted by molar-refractivity contribution is 7.98. The number of aryl methyl sites for hydroxylation is 1. The number of benzene rings is 1. The zero-order valence-electron chi connectivity index (χ0n) is 15.9. The number of hydrogen-bond donors (Lipinski definition) is 1. The number of likely N-dealkylation sites (N-methyl/N-ethyl adjacent to an activating group) is 1. The van der Waals surface area contributed by atoms with Crippen molar-refractivity contribution in [3.63, 3.8) is 0 Å². The summed E-state index contributed by atoms with van der Waals surface area (Å²) in [5, 5.41) is 17.5. The van der Waals surface area contributed by atoms with Crippen molar-refractivity contribution < 1.29 is 19.0 Å². The van der Waals surface area contributed by atoms with Gasteiger partial charge in [0.05, 0.1) is 11.5 Å². The summed E-state index contributed by atoms with van der Waals surface area (Å²) in [4.78, 5) is 37.2. The quantitative estimate of drug-likeness (QED) is 0.502. The molecule has 2 aromatic rings. The van der Waals surface area contributed by atoms with E-state index < -0.39 is 16.9 Å². The molecule has 9 nitrogen and oxygen atoms in total. The highest BCUT2D eigenvalue weighted by atomic mass is 32.2. The molecule has 1 heterocycles. The van der Waals surface area contributed by atoms with Crippen LogP contribution in [0.5, 0.6) is 0 Å². The Balaban J connectivity index is 2.11. The molecule has 2 amide bonds. The summed E-state index contributed by atoms with van der Waals surface area (Å²) >= 11 is 1.56. The fraction of sp³-hybridized carbons (Fsp3) is 0.389. The van der Waals surface area contributed by atoms with Crippen molar-refractivity contribution in [2.45, 2.75) is 25.9 Å². The third kappa shape index (κ3) is 5.81. The maximum Gasteiger partial charge on any atom is 0.270 e. The summed E-state index contributed by atoms with van der Waals surface area (Å²) < 4.78 is 5.01. The first kappa shape index (κ1) is 21.4. The smallest absolute Gasteiger partial charge is 0.270 e. The molecule has 2 rings (SSSR count). The Morgan fingerprint density at radius 1 is 1.39 bits per heavy atom. The van der Waals surface area contributed by atoms with E-state index in [0.717, 1.165) is 0 Å². The second-order valence-electron chi connectivity index (χ2n) is 6.24. The molecule has 0 radical (unpaired) electrons. The Hall–Kier alpha value is -2.88. The van der Waals surface area contributed by atoms with Gasteiger partial charge < -0.3 is 14.7 Å². The zero-order chi connectivity index (χ0) is 20.7. The summed E-state index contributed by atoms with van der Waals surface area (Å²) in [7, 11) is 1.62. The van der Waals surface area contributed by atoms with Crippen molar-refractivity contribution in [2.75, 3.05) is 19.1 Å². The van der Waals surface area contributed by atoms with Crippen LogP contribution in [0.4, 0.5) is 5.69 Å². The molecule has 0 spiro atoms. The van der Waals surface area contributed by atoms with Gasteiger partial charge >= 0.3 is 0 Å². The molecule has 1 aromatic carbocycles. The third-order valence-electron chi connectivity index (χ3n) is 3.99. The molecule has 0 bridgehead atoms. The predicted octanol–water partition coefficient (Wildman–Crippen LogP) is 2.40. The van der Waals surface area contributed by atoms with Crippen LogP contribution in [0, 0.1) is 17.0 Å². The lowest BCUT2D eigenvalue weighted by Gasteiger charge is -2.24. The van der Waals surface area contributed by atoms with E-state index in [0.29, 0.717) is 23.6 Å². The molecule has 1 atom stereocenters. The highest BCUT2D eigenvalue weighted by Gasteiger charge is 2.25. The molecule has 1 aromatic heterocycles. The van der Waals surface area contributed by atoms with Gasteiger partial charge in [-0.15, -0.1) is 0 Å². The van der Waals surface area contributed by atoms with Gasteiger partial charge in [-0.3, -0.25) is 19.7 Å². The lowest BCUT2D eigenvalue weighted by Crippen LogP contribution is -2.47. The van der Waals surface area contributed by atoms with Gasteiger partial charge in [0, 0.05) is 30.8 Å². The molecule has 1 unspecified atom stereocenters. The van der Waals surface area contributed by atoms with Gasteiger partial charge in [-0.1, -0.05) is 11.2 Å². The molecule has 0 fully saturated rings. The predicted molar refractivity (Wildman–Crippen MR) is 105 cm³/mol. The molecular weight excluding hydrogens is 384 g/mol. The molecule has 28 heavy (non-hydrogen) atoms. The molecule has 0 saturated heterocycles. The van der Waals surface area contributed by atoms with Gasteiger partial charge in [-0.05, 0) is 31.4 Å². The van der Waals surface area contributed by atoms with Crippen LogP contribution in [-0.2, 0) is 11.3 Å². The normalized spacial score (nSPS) is 11.7. The number of nitro groups is 1. The fourth-order valence-corrected chi connectivity index (χ4v) is 3.05. The summed E-state index contributed by atoms with van der Waals surface area (Å²) in [5.74, 6) is 0.513. The number of nitrogens with one attached hydrogen (secondary N) is 1. The Bertz CT molecular complexity index is 854. The largest absolute Gasteiger partial charge is 0.361 e. The first-order valence-corrected chi connectivity index (χ1v) is 9.92. The standard InChI is InChI=1S/C18H22N4O5S/c1-12-9-14(20-27-12)11-21(2)18(24)16(7-8-28-3)19-17(23)13-5-4-6-15(10-13)22(25)26/h4-6,9-10,16H,7-8,11H2,1-3H3,(H,19,23). The van der Waals surface area contributed by atoms with Crippen LogP contribution in [0.1, 0.15) is 28.2 Å². The minimum absolute atomic E-state index is 0.130. The van der Waals surface area contributed by atoms with E-state index in [1.807, 2.05) is 6.26 Å². The first-order chi connectivity index (χ1) is 13.3. The van der Waals surface area contributed by atoms with Crippen LogP contribution in [0.2, 0.25) is 0 Å². The van der Waals surface area contributed by atoms with Crippen molar-refractivity contribution in [3.05, 3.63) is 57.5 Å². The Labute approximate surface area is 166 Å². The first-order valence-electron chi connectivity index (χ1n) is 8.53. The van der Waals surface area contributed by atoms with Gasteiger partial charge in [0.25, 0.3) is 11.6 Å². The van der Waals surface area contributed by atoms with Crippen LogP contribution in [0.15, 0.2) is 34.9 Å². The maximum atomic E-state index is 12.8. The minimum atomic E-state index is -0.753. The molecule has 1 N–H and O–H groups in total. The summed E-state index contributed by atoms with van der Waals surface area (Å²) in [6.07, 6.45) is 2.34. The Kier molecular flexibility index (Phi) is 7.56. The number of amides is 2. The molecule has 0 aliphatic rings. The third-order valence-corrected chi connectivity index (χ3v) is 4.63. The van der Waals surface area contributed by atoms with Crippen LogP contribution < -0.4 is 5.32 Å². The number of rotatable bonds is 9. The van der Waals surface area contributed by atoms with Gasteiger partial charge in [0.15, 0.2) is 0 Å². The van der Waals surface area contributed by atoms with Crippen LogP contribution in [0.25, 0.3) is 0 Å². The van der Waals surface area contributed by atoms with Gasteiger partial charge in [-0.2, -0.15) is 11.8 Å². The number of hydrogen-bond acceptors (Lipinski definition) is 7. The Morgan fingerprint density at radius 3 is 2.75 bits per heavy atom. The average molecular weight is 406 g/mol. The van der Waals surface area contributed by atoms with E-state index >= 15 is 0 Å². The van der Waals surface area contributed by atoms with Gasteiger partial charge in [0.2, 0.25) is 5.91 Å². The topological polar surface area (TPSA) is 119 Å². The molecule has 0 aliphatic carbocycles. The minimum Gasteiger partial charge on any atom is -0.361 e. The maximum absolute atomic E-state index is 12.8. The van der Waals surface area contributed by atoms with E-state index in [9.17, 15) is 19.7 Å². The summed E-state index contributed by atoms with van der Waals surface area (Å²) in [6.45, 7) is 2.01. The van der Waals surface area contributed by atoms with Crippen LogP contribution in [0.3, 0.4) is 0 Å². The summed E-state index contributed by atoms with van der Waals surface area (Å²) in [6, 6.07) is 6.39.